The third kappa shape index (κ3) is 3.11. The standard InChI is InChI=1S/C15H21N3O2/c1-4-6-13-14(16)15(18(2)17-13)20-12-8-5-7-11(9-12)10-19-3/h5,7-9H,4,6,10,16H2,1-3H3. The minimum atomic E-state index is 0.555. The Morgan fingerprint density at radius 3 is 2.85 bits per heavy atom. The Labute approximate surface area is 119 Å². The van der Waals surface area contributed by atoms with E-state index in [1.807, 2.05) is 31.3 Å². The Morgan fingerprint density at radius 2 is 2.15 bits per heavy atom. The van der Waals surface area contributed by atoms with Gasteiger partial charge in [0, 0.05) is 14.2 Å². The van der Waals surface area contributed by atoms with E-state index in [1.54, 1.807) is 11.8 Å². The van der Waals surface area contributed by atoms with Crippen molar-refractivity contribution in [3.8, 4) is 11.6 Å². The predicted octanol–water partition coefficient (Wildman–Crippen LogP) is 2.89. The first kappa shape index (κ1) is 14.4. The Hall–Kier alpha value is -2.01. The summed E-state index contributed by atoms with van der Waals surface area (Å²) in [5.41, 5.74) is 8.66. The fraction of sp³-hybridized carbons (Fsp3) is 0.400. The van der Waals surface area contributed by atoms with Crippen LogP contribution in [0.15, 0.2) is 24.3 Å². The lowest BCUT2D eigenvalue weighted by Gasteiger charge is -2.08. The lowest BCUT2D eigenvalue weighted by molar-refractivity contribution is 0.184. The number of anilines is 1. The van der Waals surface area contributed by atoms with Crippen LogP contribution in [0.3, 0.4) is 0 Å². The zero-order chi connectivity index (χ0) is 14.5. The topological polar surface area (TPSA) is 62.3 Å². The summed E-state index contributed by atoms with van der Waals surface area (Å²) >= 11 is 0. The third-order valence-corrected chi connectivity index (χ3v) is 3.02. The molecule has 0 atom stereocenters. The molecule has 20 heavy (non-hydrogen) atoms. The summed E-state index contributed by atoms with van der Waals surface area (Å²) in [6, 6.07) is 7.76. The van der Waals surface area contributed by atoms with Crippen molar-refractivity contribution in [2.45, 2.75) is 26.4 Å². The number of ether oxygens (including phenoxy) is 2. The molecule has 0 aliphatic carbocycles. The van der Waals surface area contributed by atoms with Gasteiger partial charge in [-0.3, -0.25) is 0 Å². The molecule has 2 aromatic rings. The Balaban J connectivity index is 2.23. The maximum Gasteiger partial charge on any atom is 0.241 e. The summed E-state index contributed by atoms with van der Waals surface area (Å²) in [7, 11) is 3.51. The molecule has 0 aliphatic heterocycles. The number of methoxy groups -OCH3 is 1. The van der Waals surface area contributed by atoms with E-state index in [1.165, 1.54) is 0 Å². The SMILES string of the molecule is CCCc1nn(C)c(Oc2cccc(COC)c2)c1N. The smallest absolute Gasteiger partial charge is 0.241 e. The number of hydrogen-bond donors (Lipinski definition) is 1. The van der Waals surface area contributed by atoms with Gasteiger partial charge in [0.25, 0.3) is 0 Å². The molecule has 0 saturated heterocycles. The van der Waals surface area contributed by atoms with Crippen molar-refractivity contribution in [2.75, 3.05) is 12.8 Å². The number of aryl methyl sites for hydroxylation is 2. The zero-order valence-electron chi connectivity index (χ0n) is 12.2. The molecule has 108 valence electrons. The lowest BCUT2D eigenvalue weighted by Crippen LogP contribution is -1.97. The van der Waals surface area contributed by atoms with Crippen LogP contribution in [0.25, 0.3) is 0 Å². The first-order valence-electron chi connectivity index (χ1n) is 6.72. The molecule has 2 N–H and O–H groups in total. The van der Waals surface area contributed by atoms with Gasteiger partial charge in [-0.2, -0.15) is 5.10 Å². The molecule has 0 amide bonds. The summed E-state index contributed by atoms with van der Waals surface area (Å²) in [5, 5.41) is 4.40. The summed E-state index contributed by atoms with van der Waals surface area (Å²) in [4.78, 5) is 0. The first-order valence-corrected chi connectivity index (χ1v) is 6.72. The van der Waals surface area contributed by atoms with Crippen LogP contribution in [-0.2, 0) is 24.8 Å². The molecule has 1 aromatic heterocycles. The molecule has 0 fully saturated rings. The highest BCUT2D eigenvalue weighted by Gasteiger charge is 2.14. The number of benzene rings is 1. The molecular formula is C15H21N3O2. The molecule has 0 saturated carbocycles. The van der Waals surface area contributed by atoms with E-state index in [9.17, 15) is 0 Å². The highest BCUT2D eigenvalue weighted by Crippen LogP contribution is 2.30. The average molecular weight is 275 g/mol. The van der Waals surface area contributed by atoms with Crippen LogP contribution >= 0.6 is 0 Å². The number of hydrogen-bond acceptors (Lipinski definition) is 4. The van der Waals surface area contributed by atoms with Gasteiger partial charge in [-0.1, -0.05) is 25.5 Å². The van der Waals surface area contributed by atoms with Crippen molar-refractivity contribution in [1.29, 1.82) is 0 Å². The molecule has 0 unspecified atom stereocenters. The van der Waals surface area contributed by atoms with Gasteiger partial charge in [0.05, 0.1) is 12.3 Å². The molecule has 2 rings (SSSR count). The van der Waals surface area contributed by atoms with Crippen LogP contribution < -0.4 is 10.5 Å². The number of nitrogens with two attached hydrogens (primary N) is 1. The van der Waals surface area contributed by atoms with Crippen LogP contribution in [-0.4, -0.2) is 16.9 Å². The van der Waals surface area contributed by atoms with E-state index in [2.05, 4.69) is 12.0 Å². The first-order chi connectivity index (χ1) is 9.65. The highest BCUT2D eigenvalue weighted by molar-refractivity contribution is 5.54. The second-order valence-corrected chi connectivity index (χ2v) is 4.72. The number of nitrogens with zero attached hydrogens (tertiary/aromatic N) is 2. The van der Waals surface area contributed by atoms with Gasteiger partial charge in [-0.05, 0) is 24.1 Å². The molecule has 0 radical (unpaired) electrons. The van der Waals surface area contributed by atoms with Gasteiger partial charge in [0.1, 0.15) is 11.4 Å². The van der Waals surface area contributed by atoms with Gasteiger partial charge >= 0.3 is 0 Å². The minimum Gasteiger partial charge on any atom is -0.437 e. The van der Waals surface area contributed by atoms with Crippen molar-refractivity contribution in [3.63, 3.8) is 0 Å². The zero-order valence-corrected chi connectivity index (χ0v) is 12.2. The maximum absolute atomic E-state index is 6.10. The van der Waals surface area contributed by atoms with E-state index in [0.717, 1.165) is 29.8 Å². The Morgan fingerprint density at radius 1 is 1.35 bits per heavy atom. The molecule has 1 heterocycles. The van der Waals surface area contributed by atoms with Gasteiger partial charge in [0.15, 0.2) is 0 Å². The van der Waals surface area contributed by atoms with E-state index < -0.39 is 0 Å². The minimum absolute atomic E-state index is 0.555. The van der Waals surface area contributed by atoms with Crippen molar-refractivity contribution in [3.05, 3.63) is 35.5 Å². The largest absolute Gasteiger partial charge is 0.437 e. The van der Waals surface area contributed by atoms with Gasteiger partial charge in [-0.25, -0.2) is 4.68 Å². The van der Waals surface area contributed by atoms with Crippen LogP contribution in [0.4, 0.5) is 5.69 Å². The Bertz CT molecular complexity index is 578. The van der Waals surface area contributed by atoms with Crippen molar-refractivity contribution >= 4 is 5.69 Å². The summed E-state index contributed by atoms with van der Waals surface area (Å²) in [6.07, 6.45) is 1.86. The molecule has 5 nitrogen and oxygen atoms in total. The lowest BCUT2D eigenvalue weighted by atomic mass is 10.2. The van der Waals surface area contributed by atoms with E-state index in [0.29, 0.717) is 18.2 Å². The fourth-order valence-electron chi connectivity index (χ4n) is 2.10. The molecule has 1 aromatic carbocycles. The van der Waals surface area contributed by atoms with Crippen molar-refractivity contribution in [2.24, 2.45) is 7.05 Å². The summed E-state index contributed by atoms with van der Waals surface area (Å²) < 4.78 is 12.7. The van der Waals surface area contributed by atoms with Crippen LogP contribution in [0.5, 0.6) is 11.6 Å². The van der Waals surface area contributed by atoms with E-state index >= 15 is 0 Å². The van der Waals surface area contributed by atoms with Crippen LogP contribution in [0.1, 0.15) is 24.6 Å². The predicted molar refractivity (Wildman–Crippen MR) is 78.8 cm³/mol. The quantitative estimate of drug-likeness (QED) is 0.880. The number of aromatic nitrogens is 2. The number of rotatable bonds is 6. The molecule has 5 heteroatoms. The second kappa shape index (κ2) is 6.43. The van der Waals surface area contributed by atoms with Gasteiger partial charge in [0.2, 0.25) is 5.88 Å². The monoisotopic (exact) mass is 275 g/mol. The molecule has 0 bridgehead atoms. The molecule has 0 spiro atoms. The van der Waals surface area contributed by atoms with E-state index in [-0.39, 0.29) is 0 Å². The fourth-order valence-corrected chi connectivity index (χ4v) is 2.10. The number of nitrogen functional groups attached to an aromatic ring is 1. The summed E-state index contributed by atoms with van der Waals surface area (Å²) in [6.45, 7) is 2.65. The maximum atomic E-state index is 6.10. The second-order valence-electron chi connectivity index (χ2n) is 4.72. The molecule has 0 aliphatic rings. The average Bonchev–Trinajstić information content (AvgIpc) is 2.68. The van der Waals surface area contributed by atoms with Crippen molar-refractivity contribution < 1.29 is 9.47 Å². The summed E-state index contributed by atoms with van der Waals surface area (Å²) in [5.74, 6) is 1.32. The Kier molecular flexibility index (Phi) is 4.63. The molecular weight excluding hydrogens is 254 g/mol. The van der Waals surface area contributed by atoms with Crippen LogP contribution in [0.2, 0.25) is 0 Å². The third-order valence-electron chi connectivity index (χ3n) is 3.02. The van der Waals surface area contributed by atoms with Gasteiger partial charge in [-0.15, -0.1) is 0 Å². The van der Waals surface area contributed by atoms with Crippen molar-refractivity contribution in [1.82, 2.24) is 9.78 Å². The van der Waals surface area contributed by atoms with Gasteiger partial charge < -0.3 is 15.2 Å². The highest BCUT2D eigenvalue weighted by atomic mass is 16.5. The normalized spacial score (nSPS) is 10.8. The van der Waals surface area contributed by atoms with E-state index in [4.69, 9.17) is 15.2 Å². The van der Waals surface area contributed by atoms with Crippen LogP contribution in [0, 0.1) is 0 Å².